The third-order valence-corrected chi connectivity index (χ3v) is 2.80. The Morgan fingerprint density at radius 3 is 3.07 bits per heavy atom. The molecule has 0 unspecified atom stereocenters. The number of rotatable bonds is 3. The van der Waals surface area contributed by atoms with Gasteiger partial charge >= 0.3 is 0 Å². The number of ether oxygens (including phenoxy) is 1. The van der Waals surface area contributed by atoms with Crippen LogP contribution in [0, 0.1) is 0 Å². The average Bonchev–Trinajstić information content (AvgIpc) is 3.00. The number of hydrogen-bond acceptors (Lipinski definition) is 3. The molecule has 0 saturated carbocycles. The summed E-state index contributed by atoms with van der Waals surface area (Å²) in [7, 11) is 0. The molecule has 3 rings (SSSR count). The van der Waals surface area contributed by atoms with Crippen molar-refractivity contribution in [1.82, 2.24) is 0 Å². The van der Waals surface area contributed by atoms with Gasteiger partial charge in [-0.2, -0.15) is 0 Å². The number of fused-ring (bicyclic) bond motifs is 1. The van der Waals surface area contributed by atoms with E-state index in [1.54, 1.807) is 0 Å². The first-order chi connectivity index (χ1) is 7.43. The molecule has 1 aliphatic heterocycles. The molecular weight excluding hydrogens is 190 g/mol. The molecule has 1 atom stereocenters. The predicted molar refractivity (Wildman–Crippen MR) is 57.0 cm³/mol. The lowest BCUT2D eigenvalue weighted by molar-refractivity contribution is 0.124. The molecule has 1 aliphatic carbocycles. The highest BCUT2D eigenvalue weighted by Crippen LogP contribution is 2.22. The van der Waals surface area contributed by atoms with Gasteiger partial charge in [0.2, 0.25) is 0 Å². The Morgan fingerprint density at radius 1 is 1.33 bits per heavy atom. The van der Waals surface area contributed by atoms with Gasteiger partial charge in [0.15, 0.2) is 0 Å². The van der Waals surface area contributed by atoms with E-state index in [9.17, 15) is 0 Å². The van der Waals surface area contributed by atoms with Gasteiger partial charge in [-0.1, -0.05) is 29.4 Å². The first-order valence-electron chi connectivity index (χ1n) is 5.32. The highest BCUT2D eigenvalue weighted by Gasteiger charge is 2.23. The molecule has 0 amide bonds. The molecule has 15 heavy (non-hydrogen) atoms. The normalized spacial score (nSPS) is 25.3. The van der Waals surface area contributed by atoms with Crippen molar-refractivity contribution in [3.63, 3.8) is 0 Å². The number of aryl methyl sites for hydroxylation is 1. The van der Waals surface area contributed by atoms with Crippen LogP contribution in [0.1, 0.15) is 17.5 Å². The minimum absolute atomic E-state index is 0.283. The van der Waals surface area contributed by atoms with E-state index in [4.69, 9.17) is 9.57 Å². The van der Waals surface area contributed by atoms with Gasteiger partial charge in [-0.05, 0) is 18.4 Å². The maximum atomic E-state index is 5.26. The van der Waals surface area contributed by atoms with Crippen molar-refractivity contribution in [1.29, 1.82) is 0 Å². The second-order valence-corrected chi connectivity index (χ2v) is 3.95. The molecule has 3 nitrogen and oxygen atoms in total. The number of benzene rings is 1. The van der Waals surface area contributed by atoms with Crippen molar-refractivity contribution >= 4 is 5.71 Å². The molecule has 0 aromatic heterocycles. The Bertz CT molecular complexity index is 396. The molecule has 1 aromatic carbocycles. The molecule has 3 heteroatoms. The lowest BCUT2D eigenvalue weighted by atomic mass is 10.1. The summed E-state index contributed by atoms with van der Waals surface area (Å²) in [4.78, 5) is 5.26. The van der Waals surface area contributed by atoms with Crippen molar-refractivity contribution in [3.05, 3.63) is 35.4 Å². The van der Waals surface area contributed by atoms with E-state index in [1.807, 2.05) is 6.07 Å². The van der Waals surface area contributed by atoms with Crippen LogP contribution in [0.15, 0.2) is 29.4 Å². The zero-order chi connectivity index (χ0) is 10.1. The molecule has 1 fully saturated rings. The number of epoxide rings is 1. The largest absolute Gasteiger partial charge is 0.393 e. The predicted octanol–water partition coefficient (Wildman–Crippen LogP) is 1.75. The highest BCUT2D eigenvalue weighted by atomic mass is 16.7. The Kier molecular flexibility index (Phi) is 2.18. The molecular formula is C12H13NO2. The maximum absolute atomic E-state index is 5.26. The fraction of sp³-hybridized carbons (Fsp3) is 0.417. The smallest absolute Gasteiger partial charge is 0.145 e. The zero-order valence-electron chi connectivity index (χ0n) is 8.48. The molecule has 1 heterocycles. The van der Waals surface area contributed by atoms with Crippen molar-refractivity contribution in [3.8, 4) is 0 Å². The van der Waals surface area contributed by atoms with E-state index in [0.29, 0.717) is 6.61 Å². The van der Waals surface area contributed by atoms with E-state index in [2.05, 4.69) is 23.4 Å². The summed E-state index contributed by atoms with van der Waals surface area (Å²) in [6.45, 7) is 1.41. The second-order valence-electron chi connectivity index (χ2n) is 3.95. The van der Waals surface area contributed by atoms with E-state index in [-0.39, 0.29) is 6.10 Å². The van der Waals surface area contributed by atoms with Crippen molar-refractivity contribution in [2.24, 2.45) is 5.16 Å². The first kappa shape index (κ1) is 8.92. The monoisotopic (exact) mass is 203 g/mol. The molecule has 1 saturated heterocycles. The molecule has 0 spiro atoms. The lowest BCUT2D eigenvalue weighted by Crippen LogP contribution is -2.01. The zero-order valence-corrected chi connectivity index (χ0v) is 8.48. The SMILES string of the molecule is c1ccc2c(c1)CC/C2=N\OC[C@@H]1CO1. The van der Waals surface area contributed by atoms with Crippen LogP contribution < -0.4 is 0 Å². The van der Waals surface area contributed by atoms with Crippen molar-refractivity contribution in [2.45, 2.75) is 18.9 Å². The molecule has 78 valence electrons. The van der Waals surface area contributed by atoms with E-state index in [1.165, 1.54) is 11.1 Å². The van der Waals surface area contributed by atoms with Crippen LogP contribution in [0.4, 0.5) is 0 Å². The van der Waals surface area contributed by atoms with Gasteiger partial charge in [-0.25, -0.2) is 0 Å². The summed E-state index contributed by atoms with van der Waals surface area (Å²) in [6, 6.07) is 8.38. The first-order valence-corrected chi connectivity index (χ1v) is 5.32. The van der Waals surface area contributed by atoms with Gasteiger partial charge in [-0.15, -0.1) is 0 Å². The second kappa shape index (κ2) is 3.66. The Labute approximate surface area is 88.7 Å². The summed E-state index contributed by atoms with van der Waals surface area (Å²) in [5.41, 5.74) is 3.70. The fourth-order valence-corrected chi connectivity index (χ4v) is 1.86. The van der Waals surface area contributed by atoms with Crippen LogP contribution in [0.3, 0.4) is 0 Å². The van der Waals surface area contributed by atoms with Crippen molar-refractivity contribution < 1.29 is 9.57 Å². The quantitative estimate of drug-likeness (QED) is 0.554. The van der Waals surface area contributed by atoms with Crippen LogP contribution in [0.2, 0.25) is 0 Å². The average molecular weight is 203 g/mol. The maximum Gasteiger partial charge on any atom is 0.145 e. The van der Waals surface area contributed by atoms with Gasteiger partial charge in [0, 0.05) is 5.56 Å². The molecule has 0 bridgehead atoms. The third-order valence-electron chi connectivity index (χ3n) is 2.80. The van der Waals surface area contributed by atoms with Crippen LogP contribution in [-0.2, 0) is 16.0 Å². The van der Waals surface area contributed by atoms with Crippen LogP contribution in [0.5, 0.6) is 0 Å². The number of hydrogen-bond donors (Lipinski definition) is 0. The van der Waals surface area contributed by atoms with E-state index >= 15 is 0 Å². The van der Waals surface area contributed by atoms with E-state index < -0.39 is 0 Å². The van der Waals surface area contributed by atoms with Crippen LogP contribution in [0.25, 0.3) is 0 Å². The molecule has 2 aliphatic rings. The van der Waals surface area contributed by atoms with Crippen LogP contribution >= 0.6 is 0 Å². The summed E-state index contributed by atoms with van der Waals surface area (Å²) < 4.78 is 5.05. The molecule has 0 N–H and O–H groups in total. The Balaban J connectivity index is 1.71. The van der Waals surface area contributed by atoms with E-state index in [0.717, 1.165) is 25.2 Å². The molecule has 1 aromatic rings. The summed E-state index contributed by atoms with van der Waals surface area (Å²) in [5.74, 6) is 0. The summed E-state index contributed by atoms with van der Waals surface area (Å²) in [6.07, 6.45) is 2.36. The van der Waals surface area contributed by atoms with Gasteiger partial charge in [0.1, 0.15) is 12.7 Å². The lowest BCUT2D eigenvalue weighted by Gasteiger charge is -1.99. The topological polar surface area (TPSA) is 34.1 Å². The van der Waals surface area contributed by atoms with Gasteiger partial charge in [0.25, 0.3) is 0 Å². The Hall–Kier alpha value is -1.35. The third kappa shape index (κ3) is 1.88. The highest BCUT2D eigenvalue weighted by molar-refractivity contribution is 6.04. The minimum atomic E-state index is 0.283. The fourth-order valence-electron chi connectivity index (χ4n) is 1.86. The van der Waals surface area contributed by atoms with Gasteiger partial charge in [0.05, 0.1) is 12.3 Å². The van der Waals surface area contributed by atoms with Gasteiger partial charge in [-0.3, -0.25) is 0 Å². The number of oxime groups is 1. The van der Waals surface area contributed by atoms with Crippen LogP contribution in [-0.4, -0.2) is 25.0 Å². The summed E-state index contributed by atoms with van der Waals surface area (Å²) in [5, 5.41) is 4.18. The molecule has 0 radical (unpaired) electrons. The van der Waals surface area contributed by atoms with Gasteiger partial charge < -0.3 is 9.57 Å². The summed E-state index contributed by atoms with van der Waals surface area (Å²) >= 11 is 0. The van der Waals surface area contributed by atoms with Crippen molar-refractivity contribution in [2.75, 3.05) is 13.2 Å². The minimum Gasteiger partial charge on any atom is -0.393 e. The standard InChI is InChI=1S/C12H13NO2/c1-2-4-11-9(3-1)5-6-12(11)13-15-8-10-7-14-10/h1-4,10H,5-8H2/b13-12+/t10-/m0/s1. The Morgan fingerprint density at radius 2 is 2.20 bits per heavy atom. The number of nitrogens with zero attached hydrogens (tertiary/aromatic N) is 1.